The van der Waals surface area contributed by atoms with Gasteiger partial charge < -0.3 is 4.74 Å². The van der Waals surface area contributed by atoms with Crippen molar-refractivity contribution in [2.75, 3.05) is 0 Å². The van der Waals surface area contributed by atoms with Crippen molar-refractivity contribution in [3.63, 3.8) is 0 Å². The van der Waals surface area contributed by atoms with Gasteiger partial charge in [-0.3, -0.25) is 4.98 Å². The van der Waals surface area contributed by atoms with Crippen LogP contribution in [0.15, 0.2) is 164 Å². The van der Waals surface area contributed by atoms with Gasteiger partial charge in [0.15, 0.2) is 5.82 Å². The molecule has 4 nitrogen and oxygen atoms in total. The normalized spacial score (nSPS) is 14.6. The van der Waals surface area contributed by atoms with E-state index in [1.54, 1.807) is 0 Å². The van der Waals surface area contributed by atoms with Crippen molar-refractivity contribution in [1.29, 1.82) is 0 Å². The van der Waals surface area contributed by atoms with Gasteiger partial charge in [-0.2, -0.15) is 0 Å². The minimum absolute atomic E-state index is 0.504. The van der Waals surface area contributed by atoms with Crippen LogP contribution in [-0.4, -0.2) is 15.0 Å². The molecule has 3 heterocycles. The molecule has 1 spiro atoms. The Morgan fingerprint density at radius 1 is 0.520 bits per heavy atom. The molecule has 4 heteroatoms. The second-order valence-corrected chi connectivity index (χ2v) is 13.0. The van der Waals surface area contributed by atoms with E-state index in [-0.39, 0.29) is 0 Å². The molecule has 0 bridgehead atoms. The highest BCUT2D eigenvalue weighted by Gasteiger charge is 2.50. The van der Waals surface area contributed by atoms with Crippen molar-refractivity contribution in [3.8, 4) is 56.4 Å². The maximum absolute atomic E-state index is 6.81. The lowest BCUT2D eigenvalue weighted by Gasteiger charge is -2.39. The Hall–Kier alpha value is -6.39. The van der Waals surface area contributed by atoms with E-state index in [4.69, 9.17) is 19.7 Å². The summed E-state index contributed by atoms with van der Waals surface area (Å²) in [5.74, 6) is 2.42. The predicted molar refractivity (Wildman–Crippen MR) is 200 cm³/mol. The van der Waals surface area contributed by atoms with Crippen LogP contribution in [0.5, 0.6) is 11.5 Å². The Morgan fingerprint density at radius 2 is 1.20 bits per heavy atom. The number of pyridine rings is 1. The van der Waals surface area contributed by atoms with Gasteiger partial charge in [-0.05, 0) is 65.4 Å². The zero-order chi connectivity index (χ0) is 33.1. The molecule has 2 aliphatic carbocycles. The topological polar surface area (TPSA) is 47.9 Å². The van der Waals surface area contributed by atoms with Gasteiger partial charge in [0.25, 0.3) is 0 Å². The Morgan fingerprint density at radius 3 is 1.98 bits per heavy atom. The number of hydrogen-bond donors (Lipinski definition) is 0. The number of aromatic nitrogens is 3. The largest absolute Gasteiger partial charge is 0.457 e. The SMILES string of the molecule is C1=CC(c2nc(-c3ccccc3)cc(-c3cccnc3-c3ccc4c(c3)Oc3ccccc3C43c4ccccc4-c4ccccc43)n2)=CCC1. The molecule has 5 aromatic carbocycles. The van der Waals surface area contributed by atoms with Gasteiger partial charge in [0.1, 0.15) is 11.5 Å². The fourth-order valence-electron chi connectivity index (χ4n) is 8.10. The minimum atomic E-state index is -0.504. The number of nitrogens with zero attached hydrogens (tertiary/aromatic N) is 3. The average molecular weight is 642 g/mol. The molecule has 0 N–H and O–H groups in total. The third kappa shape index (κ3) is 4.28. The molecule has 0 saturated carbocycles. The Labute approximate surface area is 291 Å². The van der Waals surface area contributed by atoms with Crippen molar-refractivity contribution in [3.05, 3.63) is 192 Å². The predicted octanol–water partition coefficient (Wildman–Crippen LogP) is 11.1. The first-order chi connectivity index (χ1) is 24.8. The molecular weight excluding hydrogens is 611 g/mol. The summed E-state index contributed by atoms with van der Waals surface area (Å²) in [6.45, 7) is 0. The number of ether oxygens (including phenoxy) is 1. The fourth-order valence-corrected chi connectivity index (χ4v) is 8.10. The van der Waals surface area contributed by atoms with Crippen molar-refractivity contribution in [1.82, 2.24) is 15.0 Å². The maximum atomic E-state index is 6.81. The number of allylic oxidation sites excluding steroid dienone is 4. The fraction of sp³-hybridized carbons (Fsp3) is 0.0652. The Bertz CT molecular complexity index is 2480. The molecule has 10 rings (SSSR count). The van der Waals surface area contributed by atoms with Gasteiger partial charge in [-0.15, -0.1) is 0 Å². The second kappa shape index (κ2) is 11.4. The monoisotopic (exact) mass is 641 g/mol. The van der Waals surface area contributed by atoms with Crippen LogP contribution in [0.1, 0.15) is 40.9 Å². The lowest BCUT2D eigenvalue weighted by atomic mass is 9.66. The van der Waals surface area contributed by atoms with Gasteiger partial charge in [0.2, 0.25) is 0 Å². The molecule has 0 unspecified atom stereocenters. The van der Waals surface area contributed by atoms with Crippen molar-refractivity contribution >= 4 is 5.57 Å². The molecular formula is C46H31N3O. The number of fused-ring (bicyclic) bond motifs is 9. The second-order valence-electron chi connectivity index (χ2n) is 13.0. The summed E-state index contributed by atoms with van der Waals surface area (Å²) in [4.78, 5) is 15.2. The molecule has 0 saturated heterocycles. The van der Waals surface area contributed by atoms with Crippen LogP contribution in [0.3, 0.4) is 0 Å². The van der Waals surface area contributed by atoms with Crippen molar-refractivity contribution < 1.29 is 4.74 Å². The van der Waals surface area contributed by atoms with E-state index in [1.165, 1.54) is 22.3 Å². The lowest BCUT2D eigenvalue weighted by molar-refractivity contribution is 0.436. The maximum Gasteiger partial charge on any atom is 0.160 e. The number of hydrogen-bond acceptors (Lipinski definition) is 4. The standard InChI is InChI=1S/C46H31N3O/c1-3-14-30(15-4-1)40-29-41(49-45(48-40)31-16-5-2-6-17-31)35-20-13-27-47-44(35)32-25-26-39-43(28-32)50-42-24-12-11-23-38(42)46(39)36-21-9-7-18-33(36)34-19-8-10-22-37(34)46/h1,3-5,7-29H,2,6H2. The summed E-state index contributed by atoms with van der Waals surface area (Å²) < 4.78 is 6.81. The summed E-state index contributed by atoms with van der Waals surface area (Å²) in [6.07, 6.45) is 10.4. The van der Waals surface area contributed by atoms with Crippen LogP contribution in [0.4, 0.5) is 0 Å². The van der Waals surface area contributed by atoms with Gasteiger partial charge in [-0.1, -0.05) is 127 Å². The smallest absolute Gasteiger partial charge is 0.160 e. The molecule has 0 amide bonds. The van der Waals surface area contributed by atoms with E-state index in [2.05, 4.69) is 133 Å². The van der Waals surface area contributed by atoms with E-state index in [1.807, 2.05) is 30.5 Å². The van der Waals surface area contributed by atoms with Crippen molar-refractivity contribution in [2.45, 2.75) is 18.3 Å². The molecule has 3 aliphatic rings. The van der Waals surface area contributed by atoms with Crippen LogP contribution in [0, 0.1) is 0 Å². The van der Waals surface area contributed by atoms with Crippen molar-refractivity contribution in [2.24, 2.45) is 0 Å². The Kier molecular flexibility index (Phi) is 6.50. The lowest BCUT2D eigenvalue weighted by Crippen LogP contribution is -2.32. The quantitative estimate of drug-likeness (QED) is 0.192. The molecule has 0 fully saturated rings. The van der Waals surface area contributed by atoms with Crippen LogP contribution in [0.2, 0.25) is 0 Å². The zero-order valence-corrected chi connectivity index (χ0v) is 27.3. The minimum Gasteiger partial charge on any atom is -0.457 e. The van der Waals surface area contributed by atoms with Crippen LogP contribution in [0.25, 0.3) is 50.5 Å². The summed E-state index contributed by atoms with van der Waals surface area (Å²) in [5, 5.41) is 0. The summed E-state index contributed by atoms with van der Waals surface area (Å²) in [6, 6.07) is 49.2. The highest BCUT2D eigenvalue weighted by molar-refractivity contribution is 5.90. The first-order valence-corrected chi connectivity index (χ1v) is 17.2. The van der Waals surface area contributed by atoms with Gasteiger partial charge in [-0.25, -0.2) is 9.97 Å². The first-order valence-electron chi connectivity index (χ1n) is 17.2. The number of benzene rings is 5. The van der Waals surface area contributed by atoms with E-state index in [0.717, 1.165) is 80.6 Å². The third-order valence-corrected chi connectivity index (χ3v) is 10.3. The first kappa shape index (κ1) is 28.6. The molecule has 1 aliphatic heterocycles. The summed E-state index contributed by atoms with van der Waals surface area (Å²) in [5.41, 5.74) is 13.4. The van der Waals surface area contributed by atoms with Gasteiger partial charge in [0.05, 0.1) is 22.5 Å². The van der Waals surface area contributed by atoms with Crippen LogP contribution < -0.4 is 4.74 Å². The molecule has 0 radical (unpaired) electrons. The van der Waals surface area contributed by atoms with E-state index in [9.17, 15) is 0 Å². The number of rotatable bonds is 4. The molecule has 7 aromatic rings. The Balaban J connectivity index is 1.17. The van der Waals surface area contributed by atoms with Gasteiger partial charge in [0, 0.05) is 39.6 Å². The zero-order valence-electron chi connectivity index (χ0n) is 27.3. The van der Waals surface area contributed by atoms with Crippen LogP contribution in [-0.2, 0) is 5.41 Å². The number of para-hydroxylation sites is 1. The highest BCUT2D eigenvalue weighted by atomic mass is 16.5. The summed E-state index contributed by atoms with van der Waals surface area (Å²) >= 11 is 0. The molecule has 236 valence electrons. The molecule has 50 heavy (non-hydrogen) atoms. The van der Waals surface area contributed by atoms with Gasteiger partial charge >= 0.3 is 0 Å². The highest BCUT2D eigenvalue weighted by Crippen LogP contribution is 2.62. The van der Waals surface area contributed by atoms with Crippen LogP contribution >= 0.6 is 0 Å². The van der Waals surface area contributed by atoms with E-state index < -0.39 is 5.41 Å². The van der Waals surface area contributed by atoms with E-state index in [0.29, 0.717) is 0 Å². The summed E-state index contributed by atoms with van der Waals surface area (Å²) in [7, 11) is 0. The average Bonchev–Trinajstić information content (AvgIpc) is 3.49. The third-order valence-electron chi connectivity index (χ3n) is 10.3. The molecule has 0 atom stereocenters. The molecule has 2 aromatic heterocycles. The van der Waals surface area contributed by atoms with E-state index >= 15 is 0 Å².